The summed E-state index contributed by atoms with van der Waals surface area (Å²) >= 11 is 18.0. The van der Waals surface area contributed by atoms with Gasteiger partial charge in [0, 0.05) is 17.3 Å². The van der Waals surface area contributed by atoms with E-state index in [-0.39, 0.29) is 16.7 Å². The fraction of sp³-hybridized carbons (Fsp3) is 0.0625. The predicted molar refractivity (Wildman–Crippen MR) is 89.9 cm³/mol. The molecule has 0 amide bonds. The lowest BCUT2D eigenvalue weighted by Gasteiger charge is -2.05. The molecule has 0 spiro atoms. The molecular weight excluding hydrogens is 362 g/mol. The summed E-state index contributed by atoms with van der Waals surface area (Å²) in [6.07, 6.45) is 1.62. The zero-order valence-corrected chi connectivity index (χ0v) is 13.9. The Kier molecular flexibility index (Phi) is 4.60. The van der Waals surface area contributed by atoms with E-state index >= 15 is 0 Å². The summed E-state index contributed by atoms with van der Waals surface area (Å²) in [4.78, 5) is 0. The van der Waals surface area contributed by atoms with Gasteiger partial charge in [0.2, 0.25) is 0 Å². The number of hydrogen-bond acceptors (Lipinski definition) is 2. The Bertz CT molecular complexity index is 880. The van der Waals surface area contributed by atoms with Gasteiger partial charge in [-0.1, -0.05) is 46.9 Å². The van der Waals surface area contributed by atoms with Gasteiger partial charge >= 0.3 is 0 Å². The summed E-state index contributed by atoms with van der Waals surface area (Å²) in [5, 5.41) is 14.6. The van der Waals surface area contributed by atoms with Gasteiger partial charge in [-0.15, -0.1) is 0 Å². The molecule has 0 bridgehead atoms. The molecule has 0 aliphatic rings. The van der Waals surface area contributed by atoms with Crippen LogP contribution < -0.4 is 0 Å². The summed E-state index contributed by atoms with van der Waals surface area (Å²) in [5.74, 6) is -0.609. The highest BCUT2D eigenvalue weighted by Crippen LogP contribution is 2.34. The van der Waals surface area contributed by atoms with E-state index < -0.39 is 5.82 Å². The average Bonchev–Trinajstić information content (AvgIpc) is 2.95. The topological polar surface area (TPSA) is 38.0 Å². The Hall–Kier alpha value is -1.59. The molecule has 7 heteroatoms. The number of aliphatic hydroxyl groups is 1. The van der Waals surface area contributed by atoms with Crippen LogP contribution in [0.1, 0.15) is 5.56 Å². The van der Waals surface area contributed by atoms with Gasteiger partial charge in [-0.25, -0.2) is 9.07 Å². The maximum Gasteiger partial charge on any atom is 0.142 e. The molecule has 23 heavy (non-hydrogen) atoms. The number of aliphatic hydroxyl groups excluding tert-OH is 1. The summed E-state index contributed by atoms with van der Waals surface area (Å²) < 4.78 is 15.3. The first-order valence-electron chi connectivity index (χ1n) is 6.60. The van der Waals surface area contributed by atoms with Crippen molar-refractivity contribution in [3.63, 3.8) is 0 Å². The third-order valence-electron chi connectivity index (χ3n) is 3.32. The highest BCUT2D eigenvalue weighted by atomic mass is 35.5. The fourth-order valence-corrected chi connectivity index (χ4v) is 2.91. The molecule has 1 aromatic heterocycles. The van der Waals surface area contributed by atoms with Crippen molar-refractivity contribution in [1.82, 2.24) is 9.78 Å². The predicted octanol–water partition coefficient (Wildman–Crippen LogP) is 5.13. The van der Waals surface area contributed by atoms with E-state index in [0.29, 0.717) is 27.5 Å². The summed E-state index contributed by atoms with van der Waals surface area (Å²) in [6.45, 7) is -0.277. The van der Waals surface area contributed by atoms with Crippen LogP contribution in [0.25, 0.3) is 16.9 Å². The minimum absolute atomic E-state index is 0.0742. The van der Waals surface area contributed by atoms with Crippen molar-refractivity contribution in [1.29, 1.82) is 0 Å². The second-order valence-corrected chi connectivity index (χ2v) is 6.02. The monoisotopic (exact) mass is 370 g/mol. The fourth-order valence-electron chi connectivity index (χ4n) is 2.22. The Morgan fingerprint density at radius 1 is 1.04 bits per heavy atom. The molecule has 0 aliphatic heterocycles. The van der Waals surface area contributed by atoms with Gasteiger partial charge in [-0.3, -0.25) is 0 Å². The van der Waals surface area contributed by atoms with Crippen LogP contribution in [0.3, 0.4) is 0 Å². The van der Waals surface area contributed by atoms with E-state index in [2.05, 4.69) is 5.10 Å². The second-order valence-electron chi connectivity index (χ2n) is 4.80. The Morgan fingerprint density at radius 3 is 2.48 bits per heavy atom. The molecule has 3 nitrogen and oxygen atoms in total. The molecule has 0 radical (unpaired) electrons. The smallest absolute Gasteiger partial charge is 0.142 e. The van der Waals surface area contributed by atoms with Crippen LogP contribution in [0.4, 0.5) is 4.39 Å². The Morgan fingerprint density at radius 2 is 1.78 bits per heavy atom. The second kappa shape index (κ2) is 6.49. The third kappa shape index (κ3) is 3.08. The van der Waals surface area contributed by atoms with E-state index in [1.807, 2.05) is 6.07 Å². The van der Waals surface area contributed by atoms with E-state index in [1.165, 1.54) is 16.8 Å². The minimum atomic E-state index is -0.609. The molecule has 0 atom stereocenters. The third-order valence-corrected chi connectivity index (χ3v) is 4.25. The van der Waals surface area contributed by atoms with Gasteiger partial charge in [0.15, 0.2) is 0 Å². The minimum Gasteiger partial charge on any atom is -0.392 e. The van der Waals surface area contributed by atoms with Crippen LogP contribution in [0.2, 0.25) is 15.1 Å². The SMILES string of the molecule is OCc1cn(-c2ccccc2Cl)nc1-c1cc(F)c(Cl)cc1Cl. The van der Waals surface area contributed by atoms with Crippen molar-refractivity contribution in [3.05, 3.63) is 69.0 Å². The first kappa shape index (κ1) is 16.3. The van der Waals surface area contributed by atoms with Crippen LogP contribution in [-0.4, -0.2) is 14.9 Å². The van der Waals surface area contributed by atoms with Gasteiger partial charge in [0.05, 0.1) is 33.1 Å². The Labute approximate surface area is 146 Å². The van der Waals surface area contributed by atoms with Gasteiger partial charge in [0.1, 0.15) is 5.82 Å². The molecule has 0 saturated heterocycles. The lowest BCUT2D eigenvalue weighted by molar-refractivity contribution is 0.282. The van der Waals surface area contributed by atoms with E-state index in [0.717, 1.165) is 0 Å². The normalized spacial score (nSPS) is 11.0. The molecule has 1 heterocycles. The van der Waals surface area contributed by atoms with Crippen molar-refractivity contribution < 1.29 is 9.50 Å². The van der Waals surface area contributed by atoms with Crippen LogP contribution in [-0.2, 0) is 6.61 Å². The highest BCUT2D eigenvalue weighted by molar-refractivity contribution is 6.36. The molecule has 0 saturated carbocycles. The number of hydrogen-bond donors (Lipinski definition) is 1. The summed E-state index contributed by atoms with van der Waals surface area (Å²) in [6, 6.07) is 9.63. The Balaban J connectivity index is 2.18. The van der Waals surface area contributed by atoms with Crippen LogP contribution >= 0.6 is 34.8 Å². The van der Waals surface area contributed by atoms with Gasteiger partial charge in [0.25, 0.3) is 0 Å². The average molecular weight is 372 g/mol. The van der Waals surface area contributed by atoms with Gasteiger partial charge in [-0.2, -0.15) is 5.10 Å². The lowest BCUT2D eigenvalue weighted by Crippen LogP contribution is -1.96. The molecule has 3 aromatic rings. The standard InChI is InChI=1S/C16H10Cl3FN2O/c17-11-3-1-2-4-15(11)22-7-9(8-23)16(21-22)10-5-14(20)13(19)6-12(10)18/h1-7,23H,8H2. The molecule has 0 fully saturated rings. The van der Waals surface area contributed by atoms with Crippen molar-refractivity contribution in [2.24, 2.45) is 0 Å². The molecule has 3 rings (SSSR count). The van der Waals surface area contributed by atoms with Crippen LogP contribution in [0.15, 0.2) is 42.6 Å². The summed E-state index contributed by atoms with van der Waals surface area (Å²) in [7, 11) is 0. The molecule has 0 aliphatic carbocycles. The first-order valence-corrected chi connectivity index (χ1v) is 7.74. The van der Waals surface area contributed by atoms with Crippen molar-refractivity contribution in [3.8, 4) is 16.9 Å². The maximum atomic E-state index is 13.8. The zero-order chi connectivity index (χ0) is 16.6. The number of benzene rings is 2. The van der Waals surface area contributed by atoms with Crippen molar-refractivity contribution in [2.75, 3.05) is 0 Å². The molecule has 2 aromatic carbocycles. The maximum absolute atomic E-state index is 13.8. The van der Waals surface area contributed by atoms with E-state index in [1.54, 1.807) is 24.4 Å². The number of para-hydroxylation sites is 1. The molecule has 118 valence electrons. The van der Waals surface area contributed by atoms with Crippen molar-refractivity contribution >= 4 is 34.8 Å². The number of nitrogens with zero attached hydrogens (tertiary/aromatic N) is 2. The number of halogens is 4. The van der Waals surface area contributed by atoms with E-state index in [9.17, 15) is 9.50 Å². The van der Waals surface area contributed by atoms with Crippen LogP contribution in [0, 0.1) is 5.82 Å². The molecule has 1 N–H and O–H groups in total. The number of aromatic nitrogens is 2. The first-order chi connectivity index (χ1) is 11.0. The quantitative estimate of drug-likeness (QED) is 0.648. The molecule has 0 unspecified atom stereocenters. The highest BCUT2D eigenvalue weighted by Gasteiger charge is 2.17. The largest absolute Gasteiger partial charge is 0.392 e. The van der Waals surface area contributed by atoms with Crippen molar-refractivity contribution in [2.45, 2.75) is 6.61 Å². The van der Waals surface area contributed by atoms with E-state index in [4.69, 9.17) is 34.8 Å². The van der Waals surface area contributed by atoms with Crippen LogP contribution in [0.5, 0.6) is 0 Å². The van der Waals surface area contributed by atoms with Gasteiger partial charge in [-0.05, 0) is 24.3 Å². The number of rotatable bonds is 3. The summed E-state index contributed by atoms with van der Waals surface area (Å²) in [5.41, 5.74) is 1.85. The molecular formula is C16H10Cl3FN2O. The zero-order valence-electron chi connectivity index (χ0n) is 11.6. The van der Waals surface area contributed by atoms with Gasteiger partial charge < -0.3 is 5.11 Å². The lowest BCUT2D eigenvalue weighted by atomic mass is 10.1.